The molecule has 3 aliphatic heterocycles. The molecular formula is C36H44N2O4. The number of hydrogen-bond acceptors (Lipinski definition) is 5. The van der Waals surface area contributed by atoms with Crippen molar-refractivity contribution in [2.45, 2.75) is 63.6 Å². The first-order valence-corrected chi connectivity index (χ1v) is 15.8. The van der Waals surface area contributed by atoms with Gasteiger partial charge < -0.3 is 19.1 Å². The molecule has 1 unspecified atom stereocenters. The molecule has 6 nitrogen and oxygen atoms in total. The lowest BCUT2D eigenvalue weighted by Gasteiger charge is -2.36. The molecule has 2 saturated heterocycles. The van der Waals surface area contributed by atoms with Gasteiger partial charge in [0.25, 0.3) is 5.91 Å². The number of likely N-dealkylation sites (tertiary alicyclic amines) is 1. The molecule has 0 spiro atoms. The Morgan fingerprint density at radius 2 is 1.60 bits per heavy atom. The van der Waals surface area contributed by atoms with Crippen LogP contribution in [0.4, 0.5) is 0 Å². The van der Waals surface area contributed by atoms with Gasteiger partial charge in [-0.15, -0.1) is 0 Å². The van der Waals surface area contributed by atoms with Crippen LogP contribution in [0.3, 0.4) is 0 Å². The van der Waals surface area contributed by atoms with E-state index in [9.17, 15) is 4.79 Å². The number of fused-ring (bicyclic) bond motifs is 3. The highest BCUT2D eigenvalue weighted by Crippen LogP contribution is 2.28. The molecule has 6 heteroatoms. The lowest BCUT2D eigenvalue weighted by Crippen LogP contribution is -2.44. The summed E-state index contributed by atoms with van der Waals surface area (Å²) in [5, 5.41) is 0. The van der Waals surface area contributed by atoms with E-state index in [1.807, 2.05) is 12.1 Å². The van der Waals surface area contributed by atoms with Crippen molar-refractivity contribution in [3.05, 3.63) is 101 Å². The topological polar surface area (TPSA) is 51.2 Å². The summed E-state index contributed by atoms with van der Waals surface area (Å²) in [6, 6.07) is 26.2. The first kappa shape index (κ1) is 28.9. The summed E-state index contributed by atoms with van der Waals surface area (Å²) in [5.41, 5.74) is 5.63. The van der Waals surface area contributed by atoms with Crippen LogP contribution in [0.1, 0.15) is 64.7 Å². The fourth-order valence-corrected chi connectivity index (χ4v) is 6.75. The van der Waals surface area contributed by atoms with Crippen LogP contribution < -0.4 is 4.74 Å². The van der Waals surface area contributed by atoms with Crippen LogP contribution in [0.25, 0.3) is 0 Å². The van der Waals surface area contributed by atoms with E-state index in [4.69, 9.17) is 14.2 Å². The number of rotatable bonds is 4. The minimum atomic E-state index is 0.127. The Bertz CT molecular complexity index is 1310. The summed E-state index contributed by atoms with van der Waals surface area (Å²) in [6.45, 7) is 6.00. The molecule has 2 fully saturated rings. The molecule has 0 saturated carbocycles. The number of carbonyl (C=O) groups is 1. The van der Waals surface area contributed by atoms with Gasteiger partial charge in [-0.25, -0.2) is 0 Å². The first-order valence-electron chi connectivity index (χ1n) is 15.8. The maximum Gasteiger partial charge on any atom is 0.254 e. The molecule has 2 bridgehead atoms. The molecule has 1 atom stereocenters. The largest absolute Gasteiger partial charge is 0.491 e. The van der Waals surface area contributed by atoms with Crippen molar-refractivity contribution >= 4 is 5.91 Å². The third-order valence-electron chi connectivity index (χ3n) is 9.00. The van der Waals surface area contributed by atoms with Crippen molar-refractivity contribution in [3.63, 3.8) is 0 Å². The van der Waals surface area contributed by atoms with E-state index >= 15 is 0 Å². The SMILES string of the molecule is O=C(c1ccc2c(c1)Cc1cccc(c1)CN(C1CCOCC1)CCOCCO2)N1CCCCC1Cc1ccccc1. The summed E-state index contributed by atoms with van der Waals surface area (Å²) in [4.78, 5) is 18.6. The molecule has 222 valence electrons. The summed E-state index contributed by atoms with van der Waals surface area (Å²) in [5.74, 6) is 0.961. The maximum absolute atomic E-state index is 14.0. The standard InChI is InChI=1S/C36H44N2O4/c39-36(38-16-5-4-11-34(38)25-28-7-2-1-3-8-28)31-12-13-35-32(26-31)24-29-9-6-10-30(23-29)27-37(17-20-41-21-22-42-35)33-14-18-40-19-15-33/h1-3,6-10,12-13,23,26,33-34H,4-5,11,14-22,24-25,27H2. The Morgan fingerprint density at radius 3 is 2.48 bits per heavy atom. The van der Waals surface area contributed by atoms with Gasteiger partial charge in [0.1, 0.15) is 12.4 Å². The lowest BCUT2D eigenvalue weighted by atomic mass is 9.94. The van der Waals surface area contributed by atoms with Crippen LogP contribution in [0.15, 0.2) is 72.8 Å². The number of ether oxygens (including phenoxy) is 3. The molecule has 3 aromatic carbocycles. The van der Waals surface area contributed by atoms with Gasteiger partial charge in [-0.1, -0.05) is 54.6 Å². The van der Waals surface area contributed by atoms with E-state index < -0.39 is 0 Å². The van der Waals surface area contributed by atoms with E-state index in [1.54, 1.807) is 0 Å². The van der Waals surface area contributed by atoms with Crippen molar-refractivity contribution < 1.29 is 19.0 Å². The Balaban J connectivity index is 1.23. The van der Waals surface area contributed by atoms with Gasteiger partial charge >= 0.3 is 0 Å². The molecule has 42 heavy (non-hydrogen) atoms. The zero-order valence-corrected chi connectivity index (χ0v) is 24.7. The second-order valence-corrected chi connectivity index (χ2v) is 11.9. The van der Waals surface area contributed by atoms with Gasteiger partial charge in [-0.2, -0.15) is 0 Å². The number of hydrogen-bond donors (Lipinski definition) is 0. The maximum atomic E-state index is 14.0. The quantitative estimate of drug-likeness (QED) is 0.392. The Hall–Kier alpha value is -3.19. The highest BCUT2D eigenvalue weighted by Gasteiger charge is 2.28. The molecule has 3 heterocycles. The van der Waals surface area contributed by atoms with E-state index in [0.717, 1.165) is 88.2 Å². The van der Waals surface area contributed by atoms with E-state index in [1.165, 1.54) is 23.1 Å². The molecule has 3 aromatic rings. The van der Waals surface area contributed by atoms with Gasteiger partial charge in [-0.3, -0.25) is 9.69 Å². The second-order valence-electron chi connectivity index (χ2n) is 11.9. The zero-order chi connectivity index (χ0) is 28.6. The van der Waals surface area contributed by atoms with Crippen LogP contribution in [0.2, 0.25) is 0 Å². The summed E-state index contributed by atoms with van der Waals surface area (Å²) in [7, 11) is 0. The van der Waals surface area contributed by atoms with Crippen LogP contribution in [0, 0.1) is 0 Å². The van der Waals surface area contributed by atoms with Crippen LogP contribution in [-0.4, -0.2) is 73.9 Å². The van der Waals surface area contributed by atoms with Crippen LogP contribution >= 0.6 is 0 Å². The molecule has 0 N–H and O–H groups in total. The van der Waals surface area contributed by atoms with Gasteiger partial charge in [0.05, 0.1) is 13.2 Å². The number of amides is 1. The van der Waals surface area contributed by atoms with Gasteiger partial charge in [0, 0.05) is 56.9 Å². The Kier molecular flexibility index (Phi) is 9.86. The minimum absolute atomic E-state index is 0.127. The van der Waals surface area contributed by atoms with Crippen molar-refractivity contribution in [1.29, 1.82) is 0 Å². The number of nitrogens with zero attached hydrogens (tertiary/aromatic N) is 2. The summed E-state index contributed by atoms with van der Waals surface area (Å²) in [6.07, 6.45) is 7.03. The predicted molar refractivity (Wildman–Crippen MR) is 165 cm³/mol. The van der Waals surface area contributed by atoms with Crippen molar-refractivity contribution in [2.24, 2.45) is 0 Å². The average molecular weight is 569 g/mol. The molecule has 6 rings (SSSR count). The minimum Gasteiger partial charge on any atom is -0.491 e. The summed E-state index contributed by atoms with van der Waals surface area (Å²) < 4.78 is 17.9. The number of carbonyl (C=O) groups excluding carboxylic acids is 1. The number of piperidine rings is 1. The van der Waals surface area contributed by atoms with Crippen molar-refractivity contribution in [2.75, 3.05) is 46.1 Å². The van der Waals surface area contributed by atoms with E-state index in [0.29, 0.717) is 25.9 Å². The monoisotopic (exact) mass is 568 g/mol. The van der Waals surface area contributed by atoms with Gasteiger partial charge in [0.15, 0.2) is 0 Å². The molecule has 3 aliphatic rings. The predicted octanol–water partition coefficient (Wildman–Crippen LogP) is 5.90. The third-order valence-corrected chi connectivity index (χ3v) is 9.00. The first-order chi connectivity index (χ1) is 20.7. The highest BCUT2D eigenvalue weighted by atomic mass is 16.5. The molecule has 0 radical (unpaired) electrons. The van der Waals surface area contributed by atoms with Crippen LogP contribution in [-0.2, 0) is 28.9 Å². The molecule has 0 aromatic heterocycles. The Labute approximate surface area is 250 Å². The van der Waals surface area contributed by atoms with Gasteiger partial charge in [0.2, 0.25) is 0 Å². The molecule has 0 aliphatic carbocycles. The molecular weight excluding hydrogens is 524 g/mol. The zero-order valence-electron chi connectivity index (χ0n) is 24.7. The number of benzene rings is 3. The third kappa shape index (κ3) is 7.41. The summed E-state index contributed by atoms with van der Waals surface area (Å²) >= 11 is 0. The lowest BCUT2D eigenvalue weighted by molar-refractivity contribution is 0.0133. The van der Waals surface area contributed by atoms with Crippen molar-refractivity contribution in [3.8, 4) is 5.75 Å². The van der Waals surface area contributed by atoms with Crippen molar-refractivity contribution in [1.82, 2.24) is 9.80 Å². The normalized spacial score (nSPS) is 21.1. The fraction of sp³-hybridized carbons (Fsp3) is 0.472. The molecule has 1 amide bonds. The van der Waals surface area contributed by atoms with E-state index in [2.05, 4.69) is 70.5 Å². The highest BCUT2D eigenvalue weighted by molar-refractivity contribution is 5.95. The van der Waals surface area contributed by atoms with Gasteiger partial charge in [-0.05, 0) is 79.0 Å². The second kappa shape index (κ2) is 14.3. The smallest absolute Gasteiger partial charge is 0.254 e. The average Bonchev–Trinajstić information content (AvgIpc) is 3.03. The van der Waals surface area contributed by atoms with E-state index in [-0.39, 0.29) is 11.9 Å². The van der Waals surface area contributed by atoms with Crippen LogP contribution in [0.5, 0.6) is 5.75 Å². The Morgan fingerprint density at radius 1 is 0.762 bits per heavy atom. The fourth-order valence-electron chi connectivity index (χ4n) is 6.75.